The molecule has 0 aliphatic heterocycles. The maximum Gasteiger partial charge on any atom is 0.218 e. The number of anilines is 1. The van der Waals surface area contributed by atoms with E-state index in [2.05, 4.69) is 38.3 Å². The zero-order valence-electron chi connectivity index (χ0n) is 6.01. The zero-order chi connectivity index (χ0) is 9.14. The molecule has 12 heavy (non-hydrogen) atoms. The third kappa shape index (κ3) is 2.12. The first-order valence-corrected chi connectivity index (χ1v) is 4.38. The van der Waals surface area contributed by atoms with E-state index in [9.17, 15) is 4.79 Å². The Bertz CT molecular complexity index is 300. The Morgan fingerprint density at radius 2 is 1.83 bits per heavy atom. The maximum absolute atomic E-state index is 10.9. The van der Waals surface area contributed by atoms with Crippen molar-refractivity contribution in [3.63, 3.8) is 0 Å². The standard InChI is InChI=1S/C7H7NOS3/c9-7(10)5-3-1-2-4-6(5)8(11)12/h1-4,11-12H,(H,9,10). The van der Waals surface area contributed by atoms with Crippen molar-refractivity contribution in [3.05, 3.63) is 29.8 Å². The third-order valence-electron chi connectivity index (χ3n) is 1.35. The Labute approximate surface area is 87.5 Å². The molecule has 1 rings (SSSR count). The van der Waals surface area contributed by atoms with E-state index in [1.54, 1.807) is 24.3 Å². The summed E-state index contributed by atoms with van der Waals surface area (Å²) >= 11 is 11.6. The van der Waals surface area contributed by atoms with Gasteiger partial charge in [0.05, 0.1) is 11.3 Å². The summed E-state index contributed by atoms with van der Waals surface area (Å²) in [5.41, 5.74) is 1.12. The second-order valence-corrected chi connectivity index (χ2v) is 3.63. The molecule has 1 aromatic rings. The number of hydrogen-bond acceptors (Lipinski definition) is 4. The summed E-state index contributed by atoms with van der Waals surface area (Å²) in [4.78, 5) is 10.9. The smallest absolute Gasteiger partial charge is 0.218 e. The quantitative estimate of drug-likeness (QED) is 0.661. The van der Waals surface area contributed by atoms with Crippen molar-refractivity contribution in [2.45, 2.75) is 0 Å². The molecule has 0 bridgehead atoms. The van der Waals surface area contributed by atoms with Crippen molar-refractivity contribution in [1.82, 2.24) is 0 Å². The molecule has 0 aromatic heterocycles. The number of carbonyl (C=O) groups excluding carboxylic acids is 1. The topological polar surface area (TPSA) is 20.3 Å². The van der Waals surface area contributed by atoms with Gasteiger partial charge >= 0.3 is 0 Å². The minimum atomic E-state index is -0.293. The molecule has 0 aliphatic carbocycles. The predicted octanol–water partition coefficient (Wildman–Crippen LogP) is 2.25. The molecule has 5 heteroatoms. The van der Waals surface area contributed by atoms with Gasteiger partial charge in [-0.2, -0.15) is 0 Å². The summed E-state index contributed by atoms with van der Waals surface area (Å²) in [6, 6.07) is 6.97. The average molecular weight is 217 g/mol. The summed E-state index contributed by atoms with van der Waals surface area (Å²) < 4.78 is 1.28. The molecule has 0 saturated carbocycles. The summed E-state index contributed by atoms with van der Waals surface area (Å²) in [6.45, 7) is 0. The van der Waals surface area contributed by atoms with Crippen molar-refractivity contribution in [1.29, 1.82) is 0 Å². The molecule has 0 radical (unpaired) electrons. The van der Waals surface area contributed by atoms with Gasteiger partial charge in [-0.3, -0.25) is 8.51 Å². The number of nitrogens with zero attached hydrogens (tertiary/aromatic N) is 1. The van der Waals surface area contributed by atoms with Crippen molar-refractivity contribution in [2.75, 3.05) is 3.71 Å². The molecular weight excluding hydrogens is 210 g/mol. The lowest BCUT2D eigenvalue weighted by Gasteiger charge is -2.11. The summed E-state index contributed by atoms with van der Waals surface area (Å²) in [6.07, 6.45) is 0. The Morgan fingerprint density at radius 1 is 1.25 bits per heavy atom. The van der Waals surface area contributed by atoms with Crippen LogP contribution in [0.5, 0.6) is 0 Å². The van der Waals surface area contributed by atoms with E-state index in [-0.39, 0.29) is 5.12 Å². The molecule has 1 aromatic carbocycles. The first-order valence-electron chi connectivity index (χ1n) is 3.13. The van der Waals surface area contributed by atoms with Gasteiger partial charge in [-0.1, -0.05) is 37.8 Å². The fourth-order valence-corrected chi connectivity index (χ4v) is 1.37. The van der Waals surface area contributed by atoms with Crippen LogP contribution in [0.25, 0.3) is 0 Å². The number of rotatable bonds is 2. The molecule has 0 amide bonds. The van der Waals surface area contributed by atoms with E-state index in [0.717, 1.165) is 0 Å². The van der Waals surface area contributed by atoms with Crippen molar-refractivity contribution in [2.24, 2.45) is 0 Å². The average Bonchev–Trinajstić information content (AvgIpc) is 2.04. The Balaban J connectivity index is 3.17. The lowest BCUT2D eigenvalue weighted by atomic mass is 10.2. The van der Waals surface area contributed by atoms with Crippen molar-refractivity contribution >= 4 is 49.1 Å². The predicted molar refractivity (Wildman–Crippen MR) is 60.2 cm³/mol. The lowest BCUT2D eigenvalue weighted by Crippen LogP contribution is -2.00. The fraction of sp³-hybridized carbons (Fsp3) is 0. The molecule has 0 unspecified atom stereocenters. The van der Waals surface area contributed by atoms with E-state index in [0.29, 0.717) is 11.3 Å². The normalized spacial score (nSPS) is 9.58. The first-order chi connectivity index (χ1) is 5.63. The highest BCUT2D eigenvalue weighted by atomic mass is 32.2. The number of benzene rings is 1. The summed E-state index contributed by atoms with van der Waals surface area (Å²) in [7, 11) is 0. The van der Waals surface area contributed by atoms with Crippen LogP contribution in [0, 0.1) is 0 Å². The van der Waals surface area contributed by atoms with Gasteiger partial charge < -0.3 is 0 Å². The highest BCUT2D eigenvalue weighted by Crippen LogP contribution is 2.24. The number of para-hydroxylation sites is 1. The monoisotopic (exact) mass is 217 g/mol. The highest BCUT2D eigenvalue weighted by molar-refractivity contribution is 8.00. The van der Waals surface area contributed by atoms with Crippen LogP contribution in [0.4, 0.5) is 5.69 Å². The van der Waals surface area contributed by atoms with Gasteiger partial charge in [0.25, 0.3) is 0 Å². The fourth-order valence-electron chi connectivity index (χ4n) is 0.829. The van der Waals surface area contributed by atoms with E-state index < -0.39 is 0 Å². The molecule has 64 valence electrons. The van der Waals surface area contributed by atoms with Crippen LogP contribution in [0.2, 0.25) is 0 Å². The molecule has 0 heterocycles. The number of carbonyl (C=O) groups is 1. The van der Waals surface area contributed by atoms with E-state index in [1.807, 2.05) is 0 Å². The lowest BCUT2D eigenvalue weighted by molar-refractivity contribution is 0.109. The van der Waals surface area contributed by atoms with Crippen LogP contribution in [-0.4, -0.2) is 5.12 Å². The van der Waals surface area contributed by atoms with Crippen LogP contribution in [0.3, 0.4) is 0 Å². The van der Waals surface area contributed by atoms with Crippen molar-refractivity contribution < 1.29 is 4.79 Å². The molecule has 0 saturated heterocycles. The second-order valence-electron chi connectivity index (χ2n) is 2.11. The van der Waals surface area contributed by atoms with E-state index in [4.69, 9.17) is 0 Å². The number of thiol groups is 3. The summed E-state index contributed by atoms with van der Waals surface area (Å²) in [5.74, 6) is 0. The number of hydrogen-bond donors (Lipinski definition) is 3. The van der Waals surface area contributed by atoms with Gasteiger partial charge in [0.15, 0.2) is 0 Å². The maximum atomic E-state index is 10.9. The molecular formula is C7H7NOS3. The van der Waals surface area contributed by atoms with Gasteiger partial charge in [-0.15, -0.1) is 12.6 Å². The molecule has 0 fully saturated rings. The van der Waals surface area contributed by atoms with Gasteiger partial charge in [0.1, 0.15) is 0 Å². The van der Waals surface area contributed by atoms with Crippen LogP contribution >= 0.6 is 38.3 Å². The largest absolute Gasteiger partial charge is 0.282 e. The van der Waals surface area contributed by atoms with E-state index in [1.165, 1.54) is 3.71 Å². The van der Waals surface area contributed by atoms with Gasteiger partial charge in [-0.05, 0) is 12.1 Å². The second kappa shape index (κ2) is 4.11. The zero-order valence-corrected chi connectivity index (χ0v) is 8.69. The Kier molecular flexibility index (Phi) is 3.37. The first kappa shape index (κ1) is 9.83. The van der Waals surface area contributed by atoms with Crippen molar-refractivity contribution in [3.8, 4) is 0 Å². The van der Waals surface area contributed by atoms with Crippen LogP contribution in [0.15, 0.2) is 24.3 Å². The van der Waals surface area contributed by atoms with E-state index >= 15 is 0 Å². The molecule has 0 atom stereocenters. The Morgan fingerprint density at radius 3 is 2.25 bits per heavy atom. The van der Waals surface area contributed by atoms with Gasteiger partial charge in [0.2, 0.25) is 5.12 Å². The summed E-state index contributed by atoms with van der Waals surface area (Å²) in [5, 5.41) is -0.293. The minimum absolute atomic E-state index is 0.293. The molecule has 2 nitrogen and oxygen atoms in total. The molecule has 0 spiro atoms. The Hall–Kier alpha value is -0.260. The van der Waals surface area contributed by atoms with Crippen LogP contribution in [0.1, 0.15) is 10.4 Å². The van der Waals surface area contributed by atoms with Crippen LogP contribution < -0.4 is 3.71 Å². The SMILES string of the molecule is O=C(S)c1ccccc1N(S)S. The third-order valence-corrected chi connectivity index (χ3v) is 2.02. The minimum Gasteiger partial charge on any atom is -0.282 e. The molecule has 0 aliphatic rings. The molecule has 0 N–H and O–H groups in total. The van der Waals surface area contributed by atoms with Gasteiger partial charge in [0, 0.05) is 0 Å². The van der Waals surface area contributed by atoms with Gasteiger partial charge in [-0.25, -0.2) is 0 Å². The highest BCUT2D eigenvalue weighted by Gasteiger charge is 2.08. The van der Waals surface area contributed by atoms with Crippen LogP contribution in [-0.2, 0) is 0 Å².